The molecule has 146 valence electrons. The van der Waals surface area contributed by atoms with Crippen LogP contribution in [0.25, 0.3) is 33.1 Å². The summed E-state index contributed by atoms with van der Waals surface area (Å²) in [7, 11) is 0. The summed E-state index contributed by atoms with van der Waals surface area (Å²) >= 11 is 6.50. The number of carbonyl (C=O) groups is 2. The third-order valence-corrected chi connectivity index (χ3v) is 4.78. The van der Waals surface area contributed by atoms with Crippen molar-refractivity contribution < 1.29 is 14.3 Å². The summed E-state index contributed by atoms with van der Waals surface area (Å²) in [6.07, 6.45) is 0.250. The van der Waals surface area contributed by atoms with Gasteiger partial charge in [0.25, 0.3) is 0 Å². The standard InChI is InChI=1S/C23H19ClN2O3/c1-23(2,3)29-22(28)26-19-9-8-14(13-27)10-16(19)12-20(26)17-11-15-6-4-5-7-18(15)25-21(17)24/h4-13H,1-3H3. The van der Waals surface area contributed by atoms with E-state index < -0.39 is 11.7 Å². The van der Waals surface area contributed by atoms with Crippen LogP contribution in [0.5, 0.6) is 0 Å². The van der Waals surface area contributed by atoms with E-state index in [2.05, 4.69) is 4.98 Å². The van der Waals surface area contributed by atoms with Crippen LogP contribution in [-0.2, 0) is 4.74 Å². The molecule has 2 aromatic carbocycles. The highest BCUT2D eigenvalue weighted by Gasteiger charge is 2.24. The van der Waals surface area contributed by atoms with E-state index in [-0.39, 0.29) is 5.15 Å². The van der Waals surface area contributed by atoms with E-state index in [9.17, 15) is 9.59 Å². The second-order valence-electron chi connectivity index (χ2n) is 7.80. The second-order valence-corrected chi connectivity index (χ2v) is 8.16. The van der Waals surface area contributed by atoms with Gasteiger partial charge in [0.05, 0.1) is 16.7 Å². The van der Waals surface area contributed by atoms with Crippen molar-refractivity contribution in [2.45, 2.75) is 26.4 Å². The predicted octanol–water partition coefficient (Wildman–Crippen LogP) is 6.11. The van der Waals surface area contributed by atoms with Gasteiger partial charge >= 0.3 is 6.09 Å². The van der Waals surface area contributed by atoms with Gasteiger partial charge in [0, 0.05) is 21.9 Å². The van der Waals surface area contributed by atoms with Crippen molar-refractivity contribution in [2.75, 3.05) is 0 Å². The molecule has 0 unspecified atom stereocenters. The molecule has 0 spiro atoms. The molecule has 0 amide bonds. The van der Waals surface area contributed by atoms with E-state index in [0.717, 1.165) is 22.6 Å². The predicted molar refractivity (Wildman–Crippen MR) is 115 cm³/mol. The molecule has 0 N–H and O–H groups in total. The largest absolute Gasteiger partial charge is 0.443 e. The number of fused-ring (bicyclic) bond motifs is 2. The summed E-state index contributed by atoms with van der Waals surface area (Å²) in [6.45, 7) is 5.43. The van der Waals surface area contributed by atoms with Crippen LogP contribution in [0.1, 0.15) is 31.1 Å². The van der Waals surface area contributed by atoms with Crippen LogP contribution < -0.4 is 0 Å². The lowest BCUT2D eigenvalue weighted by molar-refractivity contribution is 0.0547. The van der Waals surface area contributed by atoms with Crippen molar-refractivity contribution in [1.29, 1.82) is 0 Å². The Bertz CT molecular complexity index is 1270. The minimum absolute atomic E-state index is 0.284. The Morgan fingerprint density at radius 2 is 1.83 bits per heavy atom. The van der Waals surface area contributed by atoms with Crippen LogP contribution >= 0.6 is 11.6 Å². The Hall–Kier alpha value is -3.18. The van der Waals surface area contributed by atoms with Gasteiger partial charge in [-0.3, -0.25) is 4.79 Å². The Labute approximate surface area is 172 Å². The molecular weight excluding hydrogens is 388 g/mol. The van der Waals surface area contributed by atoms with Gasteiger partial charge in [-0.25, -0.2) is 14.3 Å². The third kappa shape index (κ3) is 3.61. The fourth-order valence-corrected chi connectivity index (χ4v) is 3.52. The number of halogens is 1. The number of nitrogens with zero attached hydrogens (tertiary/aromatic N) is 2. The van der Waals surface area contributed by atoms with Gasteiger partial charge in [-0.05, 0) is 57.2 Å². The summed E-state index contributed by atoms with van der Waals surface area (Å²) in [6, 6.07) is 16.5. The number of para-hydroxylation sites is 1. The van der Waals surface area contributed by atoms with Crippen molar-refractivity contribution in [1.82, 2.24) is 9.55 Å². The number of ether oxygens (including phenoxy) is 1. The lowest BCUT2D eigenvalue weighted by Gasteiger charge is -2.21. The molecular formula is C23H19ClN2O3. The lowest BCUT2D eigenvalue weighted by Crippen LogP contribution is -2.27. The summed E-state index contributed by atoms with van der Waals surface area (Å²) in [5.74, 6) is 0. The number of hydrogen-bond acceptors (Lipinski definition) is 4. The van der Waals surface area contributed by atoms with Crippen LogP contribution in [0.15, 0.2) is 54.6 Å². The Morgan fingerprint density at radius 1 is 1.07 bits per heavy atom. The molecule has 2 aromatic heterocycles. The first kappa shape index (κ1) is 19.2. The first-order valence-corrected chi connectivity index (χ1v) is 9.54. The topological polar surface area (TPSA) is 61.2 Å². The summed E-state index contributed by atoms with van der Waals surface area (Å²) in [5.41, 5.74) is 2.42. The van der Waals surface area contributed by atoms with E-state index in [0.29, 0.717) is 22.3 Å². The smallest absolute Gasteiger partial charge is 0.419 e. The zero-order chi connectivity index (χ0) is 20.8. The molecule has 4 aromatic rings. The zero-order valence-electron chi connectivity index (χ0n) is 16.3. The molecule has 0 aliphatic carbocycles. The van der Waals surface area contributed by atoms with Crippen LogP contribution in [0.2, 0.25) is 5.15 Å². The number of rotatable bonds is 2. The molecule has 0 aliphatic rings. The average Bonchev–Trinajstić information content (AvgIpc) is 3.04. The molecule has 2 heterocycles. The molecule has 5 nitrogen and oxygen atoms in total. The van der Waals surface area contributed by atoms with Crippen molar-refractivity contribution in [3.05, 3.63) is 65.3 Å². The number of pyridine rings is 1. The maximum Gasteiger partial charge on any atom is 0.419 e. The molecule has 6 heteroatoms. The molecule has 0 fully saturated rings. The highest BCUT2D eigenvalue weighted by Crippen LogP contribution is 2.35. The van der Waals surface area contributed by atoms with E-state index in [1.807, 2.05) is 57.2 Å². The normalized spacial score (nSPS) is 11.7. The first-order chi connectivity index (χ1) is 13.8. The molecule has 29 heavy (non-hydrogen) atoms. The number of hydrogen-bond donors (Lipinski definition) is 0. The quantitative estimate of drug-likeness (QED) is 0.298. The van der Waals surface area contributed by atoms with Crippen LogP contribution in [0.3, 0.4) is 0 Å². The van der Waals surface area contributed by atoms with Crippen LogP contribution in [-0.4, -0.2) is 27.5 Å². The SMILES string of the molecule is CC(C)(C)OC(=O)n1c(-c2cc3ccccc3nc2Cl)cc2cc(C=O)ccc21. The fraction of sp³-hybridized carbons (Fsp3) is 0.174. The van der Waals surface area contributed by atoms with Crippen molar-refractivity contribution in [3.63, 3.8) is 0 Å². The van der Waals surface area contributed by atoms with Gasteiger partial charge in [-0.15, -0.1) is 0 Å². The maximum atomic E-state index is 13.1. The number of carbonyl (C=O) groups excluding carboxylic acids is 2. The van der Waals surface area contributed by atoms with Crippen molar-refractivity contribution in [2.24, 2.45) is 0 Å². The second kappa shape index (κ2) is 7.01. The summed E-state index contributed by atoms with van der Waals surface area (Å²) in [4.78, 5) is 28.7. The first-order valence-electron chi connectivity index (χ1n) is 9.16. The van der Waals surface area contributed by atoms with Crippen LogP contribution in [0.4, 0.5) is 4.79 Å². The number of aromatic nitrogens is 2. The van der Waals surface area contributed by atoms with Gasteiger partial charge in [0.2, 0.25) is 0 Å². The Balaban J connectivity index is 2.00. The lowest BCUT2D eigenvalue weighted by atomic mass is 10.1. The maximum absolute atomic E-state index is 13.1. The van der Waals surface area contributed by atoms with E-state index in [1.54, 1.807) is 18.2 Å². The zero-order valence-corrected chi connectivity index (χ0v) is 17.0. The van der Waals surface area contributed by atoms with E-state index >= 15 is 0 Å². The average molecular weight is 407 g/mol. The molecule has 0 bridgehead atoms. The molecule has 0 radical (unpaired) electrons. The van der Waals surface area contributed by atoms with E-state index in [1.165, 1.54) is 4.57 Å². The third-order valence-electron chi connectivity index (χ3n) is 4.49. The summed E-state index contributed by atoms with van der Waals surface area (Å²) < 4.78 is 7.11. The molecule has 0 aliphatic heterocycles. The van der Waals surface area contributed by atoms with Gasteiger partial charge in [-0.2, -0.15) is 0 Å². The Morgan fingerprint density at radius 3 is 2.55 bits per heavy atom. The van der Waals surface area contributed by atoms with Gasteiger partial charge < -0.3 is 4.74 Å². The van der Waals surface area contributed by atoms with Crippen molar-refractivity contribution in [3.8, 4) is 11.3 Å². The van der Waals surface area contributed by atoms with E-state index in [4.69, 9.17) is 16.3 Å². The highest BCUT2D eigenvalue weighted by atomic mass is 35.5. The number of aldehydes is 1. The molecule has 0 saturated heterocycles. The highest BCUT2D eigenvalue weighted by molar-refractivity contribution is 6.32. The molecule has 0 atom stereocenters. The molecule has 4 rings (SSSR count). The summed E-state index contributed by atoms with van der Waals surface area (Å²) in [5, 5.41) is 1.92. The van der Waals surface area contributed by atoms with Gasteiger partial charge in [0.1, 0.15) is 17.0 Å². The van der Waals surface area contributed by atoms with Crippen LogP contribution in [0, 0.1) is 0 Å². The molecule has 0 saturated carbocycles. The Kier molecular flexibility index (Phi) is 4.63. The minimum atomic E-state index is -0.668. The minimum Gasteiger partial charge on any atom is -0.443 e. The van der Waals surface area contributed by atoms with Gasteiger partial charge in [-0.1, -0.05) is 29.8 Å². The monoisotopic (exact) mass is 406 g/mol. The fourth-order valence-electron chi connectivity index (χ4n) is 3.28. The van der Waals surface area contributed by atoms with Gasteiger partial charge in [0.15, 0.2) is 0 Å². The van der Waals surface area contributed by atoms with Crippen molar-refractivity contribution >= 4 is 45.8 Å². The number of benzene rings is 2.